The molecule has 1 aromatic heterocycles. The van der Waals surface area contributed by atoms with E-state index in [1.165, 1.54) is 12.8 Å². The van der Waals surface area contributed by atoms with Gasteiger partial charge in [-0.15, -0.1) is 5.10 Å². The number of carboxylic acid groups (broad SMARTS) is 1. The van der Waals surface area contributed by atoms with Crippen molar-refractivity contribution in [1.82, 2.24) is 15.1 Å². The first kappa shape index (κ1) is 13.3. The first-order valence-corrected chi connectivity index (χ1v) is 7.14. The zero-order valence-corrected chi connectivity index (χ0v) is 11.9. The fourth-order valence-electron chi connectivity index (χ4n) is 2.84. The highest BCUT2D eigenvalue weighted by atomic mass is 16.4. The Morgan fingerprint density at radius 1 is 1.30 bits per heavy atom. The molecule has 1 saturated carbocycles. The molecular formula is C14H20N4O2. The molecule has 1 aliphatic carbocycles. The van der Waals surface area contributed by atoms with Crippen molar-refractivity contribution in [3.8, 4) is 0 Å². The number of aryl methyl sites for hydroxylation is 1. The number of likely N-dealkylation sites (tertiary alicyclic amines) is 1. The number of hydrogen-bond acceptors (Lipinski definition) is 5. The zero-order valence-electron chi connectivity index (χ0n) is 11.9. The molecule has 6 heteroatoms. The number of nitrogens with one attached hydrogen (secondary N) is 1. The number of nitrogens with zero attached hydrogens (tertiary/aromatic N) is 3. The second kappa shape index (κ2) is 5.01. The molecule has 3 rings (SSSR count). The van der Waals surface area contributed by atoms with Gasteiger partial charge in [-0.3, -0.25) is 4.90 Å². The Hall–Kier alpha value is -1.69. The van der Waals surface area contributed by atoms with E-state index in [0.29, 0.717) is 17.1 Å². The highest BCUT2D eigenvalue weighted by Gasteiger charge is 2.34. The Balaban J connectivity index is 1.77. The predicted octanol–water partition coefficient (Wildman–Crippen LogP) is 1.44. The van der Waals surface area contributed by atoms with Gasteiger partial charge >= 0.3 is 5.97 Å². The van der Waals surface area contributed by atoms with Gasteiger partial charge in [-0.1, -0.05) is 0 Å². The molecule has 0 bridgehead atoms. The zero-order chi connectivity index (χ0) is 14.3. The van der Waals surface area contributed by atoms with E-state index in [9.17, 15) is 9.90 Å². The third-order valence-corrected chi connectivity index (χ3v) is 4.29. The van der Waals surface area contributed by atoms with Crippen LogP contribution in [0.5, 0.6) is 0 Å². The Morgan fingerprint density at radius 2 is 2.05 bits per heavy atom. The molecule has 1 atom stereocenters. The second-order valence-corrected chi connectivity index (χ2v) is 5.80. The number of aromatic carboxylic acids is 1. The van der Waals surface area contributed by atoms with Gasteiger partial charge in [0.05, 0.1) is 5.69 Å². The lowest BCUT2D eigenvalue weighted by atomic mass is 10.1. The standard InChI is InChI=1S/C14H20N4O2/c1-8-9(2)16-17-13(12(8)14(19)20)15-10-5-6-18(7-10)11-3-4-11/h10-11H,3-7H2,1-2H3,(H,15,17)(H,19,20). The van der Waals surface area contributed by atoms with E-state index in [2.05, 4.69) is 20.4 Å². The van der Waals surface area contributed by atoms with Crippen molar-refractivity contribution < 1.29 is 9.90 Å². The van der Waals surface area contributed by atoms with Gasteiger partial charge in [-0.2, -0.15) is 5.10 Å². The van der Waals surface area contributed by atoms with E-state index in [1.807, 2.05) is 0 Å². The summed E-state index contributed by atoms with van der Waals surface area (Å²) in [6, 6.07) is 1.02. The lowest BCUT2D eigenvalue weighted by Crippen LogP contribution is -2.29. The molecule has 1 aliphatic heterocycles. The Morgan fingerprint density at radius 3 is 2.70 bits per heavy atom. The molecule has 2 fully saturated rings. The molecule has 0 spiro atoms. The topological polar surface area (TPSA) is 78.4 Å². The van der Waals surface area contributed by atoms with Crippen LogP contribution in [0.2, 0.25) is 0 Å². The second-order valence-electron chi connectivity index (χ2n) is 5.80. The van der Waals surface area contributed by atoms with E-state index in [1.54, 1.807) is 13.8 Å². The first-order valence-electron chi connectivity index (χ1n) is 7.14. The quantitative estimate of drug-likeness (QED) is 0.866. The van der Waals surface area contributed by atoms with Gasteiger partial charge in [0.15, 0.2) is 5.82 Å². The largest absolute Gasteiger partial charge is 0.478 e. The molecule has 1 aromatic rings. The third-order valence-electron chi connectivity index (χ3n) is 4.29. The number of hydrogen-bond donors (Lipinski definition) is 2. The van der Waals surface area contributed by atoms with Crippen LogP contribution in [0.4, 0.5) is 5.82 Å². The fraction of sp³-hybridized carbons (Fsp3) is 0.643. The number of anilines is 1. The molecule has 0 aromatic carbocycles. The molecule has 108 valence electrons. The van der Waals surface area contributed by atoms with E-state index < -0.39 is 5.97 Å². The summed E-state index contributed by atoms with van der Waals surface area (Å²) in [6.07, 6.45) is 3.64. The molecule has 0 radical (unpaired) electrons. The summed E-state index contributed by atoms with van der Waals surface area (Å²) >= 11 is 0. The minimum atomic E-state index is -0.944. The summed E-state index contributed by atoms with van der Waals surface area (Å²) in [7, 11) is 0. The molecule has 2 heterocycles. The molecule has 2 N–H and O–H groups in total. The van der Waals surface area contributed by atoms with Crippen LogP contribution in [0.25, 0.3) is 0 Å². The van der Waals surface area contributed by atoms with E-state index >= 15 is 0 Å². The van der Waals surface area contributed by atoms with Crippen LogP contribution >= 0.6 is 0 Å². The van der Waals surface area contributed by atoms with Crippen molar-refractivity contribution in [2.75, 3.05) is 18.4 Å². The van der Waals surface area contributed by atoms with Crippen molar-refractivity contribution in [3.63, 3.8) is 0 Å². The lowest BCUT2D eigenvalue weighted by molar-refractivity contribution is 0.0696. The molecule has 2 aliphatic rings. The number of carboxylic acids is 1. The Kier molecular flexibility index (Phi) is 3.33. The maximum atomic E-state index is 11.4. The predicted molar refractivity (Wildman–Crippen MR) is 75.1 cm³/mol. The van der Waals surface area contributed by atoms with Crippen molar-refractivity contribution in [1.29, 1.82) is 0 Å². The summed E-state index contributed by atoms with van der Waals surface area (Å²) in [6.45, 7) is 5.62. The molecule has 6 nitrogen and oxygen atoms in total. The van der Waals surface area contributed by atoms with Gasteiger partial charge in [-0.25, -0.2) is 4.79 Å². The maximum absolute atomic E-state index is 11.4. The third kappa shape index (κ3) is 2.47. The van der Waals surface area contributed by atoms with Crippen LogP contribution in [-0.2, 0) is 0 Å². The Bertz CT molecular complexity index is 542. The summed E-state index contributed by atoms with van der Waals surface area (Å²) in [5.41, 5.74) is 1.60. The van der Waals surface area contributed by atoms with Crippen LogP contribution in [0, 0.1) is 13.8 Å². The van der Waals surface area contributed by atoms with E-state index in [0.717, 1.165) is 25.6 Å². The maximum Gasteiger partial charge on any atom is 0.339 e. The van der Waals surface area contributed by atoms with Crippen molar-refractivity contribution in [2.45, 2.75) is 45.2 Å². The molecule has 0 amide bonds. The first-order chi connectivity index (χ1) is 9.56. The van der Waals surface area contributed by atoms with E-state index in [-0.39, 0.29) is 11.6 Å². The molecular weight excluding hydrogens is 256 g/mol. The molecule has 1 unspecified atom stereocenters. The minimum Gasteiger partial charge on any atom is -0.478 e. The number of rotatable bonds is 4. The summed E-state index contributed by atoms with van der Waals surface area (Å²) in [5, 5.41) is 20.7. The molecule has 20 heavy (non-hydrogen) atoms. The molecule has 1 saturated heterocycles. The normalized spacial score (nSPS) is 23.0. The Labute approximate surface area is 118 Å². The van der Waals surface area contributed by atoms with Crippen molar-refractivity contribution >= 4 is 11.8 Å². The number of aromatic nitrogens is 2. The smallest absolute Gasteiger partial charge is 0.339 e. The van der Waals surface area contributed by atoms with Crippen LogP contribution in [0.3, 0.4) is 0 Å². The minimum absolute atomic E-state index is 0.252. The van der Waals surface area contributed by atoms with Crippen LogP contribution in [0.1, 0.15) is 40.9 Å². The van der Waals surface area contributed by atoms with Gasteiger partial charge in [0.25, 0.3) is 0 Å². The highest BCUT2D eigenvalue weighted by Crippen LogP contribution is 2.31. The van der Waals surface area contributed by atoms with E-state index in [4.69, 9.17) is 0 Å². The van der Waals surface area contributed by atoms with Crippen molar-refractivity contribution in [2.24, 2.45) is 0 Å². The number of carbonyl (C=O) groups is 1. The van der Waals surface area contributed by atoms with Gasteiger partial charge in [0.2, 0.25) is 0 Å². The van der Waals surface area contributed by atoms with Gasteiger partial charge in [0, 0.05) is 25.2 Å². The van der Waals surface area contributed by atoms with Crippen LogP contribution in [0.15, 0.2) is 0 Å². The van der Waals surface area contributed by atoms with Crippen LogP contribution < -0.4 is 5.32 Å². The summed E-state index contributed by atoms with van der Waals surface area (Å²) < 4.78 is 0. The SMILES string of the molecule is Cc1nnc(NC2CCN(C3CC3)C2)c(C(=O)O)c1C. The summed E-state index contributed by atoms with van der Waals surface area (Å²) in [4.78, 5) is 13.9. The van der Waals surface area contributed by atoms with Crippen molar-refractivity contribution in [3.05, 3.63) is 16.8 Å². The monoisotopic (exact) mass is 276 g/mol. The lowest BCUT2D eigenvalue weighted by Gasteiger charge is -2.17. The fourth-order valence-corrected chi connectivity index (χ4v) is 2.84. The van der Waals surface area contributed by atoms with Gasteiger partial charge in [0.1, 0.15) is 5.56 Å². The van der Waals surface area contributed by atoms with Crippen LogP contribution in [-0.4, -0.2) is 51.3 Å². The highest BCUT2D eigenvalue weighted by molar-refractivity contribution is 5.94. The average Bonchev–Trinajstić information content (AvgIpc) is 3.15. The average molecular weight is 276 g/mol. The van der Waals surface area contributed by atoms with Gasteiger partial charge < -0.3 is 10.4 Å². The summed E-state index contributed by atoms with van der Waals surface area (Å²) in [5.74, 6) is -0.539. The van der Waals surface area contributed by atoms with Gasteiger partial charge in [-0.05, 0) is 38.7 Å².